The monoisotopic (exact) mass is 333 g/mol. The number of nitrogens with two attached hydrogens (primary N) is 1. The molecule has 0 atom stereocenters. The van der Waals surface area contributed by atoms with Crippen molar-refractivity contribution in [2.45, 2.75) is 26.8 Å². The van der Waals surface area contributed by atoms with Gasteiger partial charge in [-0.25, -0.2) is 4.39 Å². The Morgan fingerprint density at radius 3 is 2.72 bits per heavy atom. The minimum Gasteiger partial charge on any atom is -0.458 e. The van der Waals surface area contributed by atoms with Crippen LogP contribution in [-0.2, 0) is 13.0 Å². The second-order valence-electron chi connectivity index (χ2n) is 4.66. The fourth-order valence-electron chi connectivity index (χ4n) is 2.06. The number of fused-ring (bicyclic) bond motifs is 1. The molecule has 0 amide bonds. The molecule has 0 aliphatic heterocycles. The first-order valence-electron chi connectivity index (χ1n) is 5.73. The van der Waals surface area contributed by atoms with Crippen LogP contribution >= 0.6 is 27.5 Å². The second kappa shape index (κ2) is 5.19. The first-order chi connectivity index (χ1) is 8.45. The van der Waals surface area contributed by atoms with E-state index in [9.17, 15) is 4.39 Å². The SMILES string of the molecule is CC(C)Cc1c(CN)oc2c(Br)cc(Cl)c(F)c12. The first-order valence-corrected chi connectivity index (χ1v) is 6.90. The maximum absolute atomic E-state index is 14.2. The van der Waals surface area contributed by atoms with Crippen LogP contribution in [-0.4, -0.2) is 0 Å². The minimum atomic E-state index is -0.436. The van der Waals surface area contributed by atoms with Gasteiger partial charge in [0.15, 0.2) is 11.4 Å². The van der Waals surface area contributed by atoms with Crippen molar-refractivity contribution in [1.29, 1.82) is 0 Å². The van der Waals surface area contributed by atoms with Crippen LogP contribution in [0.5, 0.6) is 0 Å². The Balaban J connectivity index is 2.80. The summed E-state index contributed by atoms with van der Waals surface area (Å²) in [6.45, 7) is 4.38. The summed E-state index contributed by atoms with van der Waals surface area (Å²) in [6, 6.07) is 1.50. The molecule has 0 fully saturated rings. The third-order valence-corrected chi connectivity index (χ3v) is 3.65. The summed E-state index contributed by atoms with van der Waals surface area (Å²) < 4.78 is 20.5. The van der Waals surface area contributed by atoms with E-state index < -0.39 is 5.82 Å². The Labute approximate surface area is 118 Å². The van der Waals surface area contributed by atoms with Crippen molar-refractivity contribution in [3.63, 3.8) is 0 Å². The zero-order chi connectivity index (χ0) is 13.4. The van der Waals surface area contributed by atoms with E-state index in [4.69, 9.17) is 21.8 Å². The summed E-state index contributed by atoms with van der Waals surface area (Å²) in [5, 5.41) is 0.535. The van der Waals surface area contributed by atoms with Crippen LogP contribution in [0.15, 0.2) is 15.0 Å². The van der Waals surface area contributed by atoms with Crippen LogP contribution in [0, 0.1) is 11.7 Å². The molecule has 0 aliphatic rings. The van der Waals surface area contributed by atoms with Gasteiger partial charge in [0.1, 0.15) is 5.76 Å². The van der Waals surface area contributed by atoms with Crippen LogP contribution in [0.2, 0.25) is 5.02 Å². The highest BCUT2D eigenvalue weighted by Gasteiger charge is 2.21. The van der Waals surface area contributed by atoms with Gasteiger partial charge in [-0.3, -0.25) is 0 Å². The van der Waals surface area contributed by atoms with Crippen molar-refractivity contribution in [3.8, 4) is 0 Å². The standard InChI is InChI=1S/C13H14BrClFNO/c1-6(2)3-7-10(5-17)18-13-8(14)4-9(15)12(16)11(7)13/h4,6H,3,5,17H2,1-2H3. The Hall–Kier alpha value is -0.580. The molecule has 0 bridgehead atoms. The molecule has 1 aromatic heterocycles. The summed E-state index contributed by atoms with van der Waals surface area (Å²) in [5.74, 6) is 0.572. The van der Waals surface area contributed by atoms with Crippen molar-refractivity contribution >= 4 is 38.5 Å². The number of furan rings is 1. The molecule has 5 heteroatoms. The molecule has 0 saturated heterocycles. The fourth-order valence-corrected chi connectivity index (χ4v) is 2.90. The summed E-state index contributed by atoms with van der Waals surface area (Å²) in [6.07, 6.45) is 0.712. The number of rotatable bonds is 3. The number of benzene rings is 1. The lowest BCUT2D eigenvalue weighted by Gasteiger charge is -2.05. The van der Waals surface area contributed by atoms with Crippen molar-refractivity contribution in [2.75, 3.05) is 0 Å². The number of hydrogen-bond acceptors (Lipinski definition) is 2. The van der Waals surface area contributed by atoms with Gasteiger partial charge in [-0.05, 0) is 34.3 Å². The number of hydrogen-bond donors (Lipinski definition) is 1. The predicted octanol–water partition coefficient (Wildman–Crippen LogP) is 4.65. The topological polar surface area (TPSA) is 39.2 Å². The maximum Gasteiger partial charge on any atom is 0.153 e. The van der Waals surface area contributed by atoms with Crippen LogP contribution in [0.1, 0.15) is 25.2 Å². The van der Waals surface area contributed by atoms with Crippen LogP contribution in [0.4, 0.5) is 4.39 Å². The smallest absolute Gasteiger partial charge is 0.153 e. The normalized spacial score (nSPS) is 11.7. The molecule has 0 saturated carbocycles. The van der Waals surface area contributed by atoms with Gasteiger partial charge in [-0.15, -0.1) is 0 Å². The Kier molecular flexibility index (Phi) is 3.99. The molecule has 2 aromatic rings. The minimum absolute atomic E-state index is 0.0868. The van der Waals surface area contributed by atoms with E-state index in [2.05, 4.69) is 29.8 Å². The van der Waals surface area contributed by atoms with Gasteiger partial charge in [0, 0.05) is 5.56 Å². The molecule has 98 valence electrons. The second-order valence-corrected chi connectivity index (χ2v) is 5.93. The summed E-state index contributed by atoms with van der Waals surface area (Å²) in [4.78, 5) is 0. The van der Waals surface area contributed by atoms with Crippen molar-refractivity contribution in [3.05, 3.63) is 32.7 Å². The van der Waals surface area contributed by atoms with E-state index in [-0.39, 0.29) is 11.6 Å². The van der Waals surface area contributed by atoms with E-state index in [0.717, 1.165) is 5.56 Å². The van der Waals surface area contributed by atoms with Crippen molar-refractivity contribution in [1.82, 2.24) is 0 Å². The van der Waals surface area contributed by atoms with E-state index in [1.165, 1.54) is 6.07 Å². The highest BCUT2D eigenvalue weighted by molar-refractivity contribution is 9.10. The third kappa shape index (κ3) is 2.29. The van der Waals surface area contributed by atoms with Crippen LogP contribution < -0.4 is 5.73 Å². The maximum atomic E-state index is 14.2. The highest BCUT2D eigenvalue weighted by atomic mass is 79.9. The average molecular weight is 335 g/mol. The molecular weight excluding hydrogens is 321 g/mol. The molecular formula is C13H14BrClFNO. The molecule has 2 rings (SSSR count). The Bertz CT molecular complexity index is 594. The third-order valence-electron chi connectivity index (χ3n) is 2.79. The van der Waals surface area contributed by atoms with E-state index in [1.54, 1.807) is 0 Å². The molecule has 0 unspecified atom stereocenters. The first kappa shape index (κ1) is 13.8. The lowest BCUT2D eigenvalue weighted by molar-refractivity contribution is 0.534. The van der Waals surface area contributed by atoms with Crippen LogP contribution in [0.25, 0.3) is 11.0 Å². The van der Waals surface area contributed by atoms with E-state index in [1.807, 2.05) is 0 Å². The molecule has 0 aliphatic carbocycles. The van der Waals surface area contributed by atoms with Gasteiger partial charge in [0.2, 0.25) is 0 Å². The predicted molar refractivity (Wildman–Crippen MR) is 75.3 cm³/mol. The van der Waals surface area contributed by atoms with Crippen LogP contribution in [0.3, 0.4) is 0 Å². The highest BCUT2D eigenvalue weighted by Crippen LogP contribution is 2.37. The fraction of sp³-hybridized carbons (Fsp3) is 0.385. The molecule has 1 heterocycles. The average Bonchev–Trinajstić information content (AvgIpc) is 2.65. The lowest BCUT2D eigenvalue weighted by Crippen LogP contribution is -2.02. The zero-order valence-electron chi connectivity index (χ0n) is 10.2. The Morgan fingerprint density at radius 1 is 1.50 bits per heavy atom. The molecule has 0 spiro atoms. The molecule has 18 heavy (non-hydrogen) atoms. The van der Waals surface area contributed by atoms with Gasteiger partial charge >= 0.3 is 0 Å². The molecule has 1 aromatic carbocycles. The summed E-state index contributed by atoms with van der Waals surface area (Å²) in [7, 11) is 0. The summed E-state index contributed by atoms with van der Waals surface area (Å²) in [5.41, 5.74) is 6.97. The summed E-state index contributed by atoms with van der Waals surface area (Å²) >= 11 is 9.22. The largest absolute Gasteiger partial charge is 0.458 e. The van der Waals surface area contributed by atoms with Crippen molar-refractivity contribution in [2.24, 2.45) is 11.7 Å². The van der Waals surface area contributed by atoms with Gasteiger partial charge < -0.3 is 10.2 Å². The van der Waals surface area contributed by atoms with Gasteiger partial charge in [-0.2, -0.15) is 0 Å². The van der Waals surface area contributed by atoms with E-state index >= 15 is 0 Å². The molecule has 0 radical (unpaired) electrons. The number of halogens is 3. The van der Waals surface area contributed by atoms with Gasteiger partial charge in [0.05, 0.1) is 21.4 Å². The lowest BCUT2D eigenvalue weighted by atomic mass is 9.99. The van der Waals surface area contributed by atoms with Gasteiger partial charge in [0.25, 0.3) is 0 Å². The Morgan fingerprint density at radius 2 is 2.17 bits per heavy atom. The molecule has 2 N–H and O–H groups in total. The zero-order valence-corrected chi connectivity index (χ0v) is 12.5. The van der Waals surface area contributed by atoms with E-state index in [0.29, 0.717) is 33.5 Å². The quantitative estimate of drug-likeness (QED) is 0.830. The van der Waals surface area contributed by atoms with Crippen molar-refractivity contribution < 1.29 is 8.81 Å². The molecule has 2 nitrogen and oxygen atoms in total. The van der Waals surface area contributed by atoms with Gasteiger partial charge in [-0.1, -0.05) is 25.4 Å².